The number of morpholine rings is 1. The average Bonchev–Trinajstić information content (AvgIpc) is 3.37. The zero-order chi connectivity index (χ0) is 26.4. The van der Waals surface area contributed by atoms with Crippen LogP contribution in [0.25, 0.3) is 17.4 Å². The molecule has 4 rings (SSSR count). The van der Waals surface area contributed by atoms with Gasteiger partial charge in [-0.25, -0.2) is 4.79 Å². The summed E-state index contributed by atoms with van der Waals surface area (Å²) in [6.45, 7) is 6.22. The average molecular weight is 506 g/mol. The third kappa shape index (κ3) is 6.22. The predicted octanol–water partition coefficient (Wildman–Crippen LogP) is 4.83. The summed E-state index contributed by atoms with van der Waals surface area (Å²) in [7, 11) is 0. The number of rotatable bonds is 8. The Hall–Kier alpha value is -4.44. The lowest BCUT2D eigenvalue weighted by atomic mass is 10.1. The summed E-state index contributed by atoms with van der Waals surface area (Å²) in [5.41, 5.74) is 3.05. The number of ether oxygens (including phenoxy) is 2. The van der Waals surface area contributed by atoms with Gasteiger partial charge in [-0.05, 0) is 61.9 Å². The van der Waals surface area contributed by atoms with Crippen LogP contribution in [0.15, 0.2) is 59.0 Å². The fourth-order valence-corrected chi connectivity index (χ4v) is 4.01. The van der Waals surface area contributed by atoms with Crippen LogP contribution in [-0.4, -0.2) is 49.7 Å². The van der Waals surface area contributed by atoms with E-state index in [1.165, 1.54) is 24.3 Å². The summed E-state index contributed by atoms with van der Waals surface area (Å²) in [4.78, 5) is 37.7. The third-order valence-corrected chi connectivity index (χ3v) is 5.83. The fraction of sp³-hybridized carbons (Fsp3) is 0.259. The van der Waals surface area contributed by atoms with Crippen molar-refractivity contribution in [1.29, 1.82) is 0 Å². The van der Waals surface area contributed by atoms with Crippen LogP contribution >= 0.6 is 0 Å². The third-order valence-electron chi connectivity index (χ3n) is 5.83. The van der Waals surface area contributed by atoms with E-state index in [2.05, 4.69) is 10.2 Å². The number of hydrogen-bond donors (Lipinski definition) is 1. The molecule has 0 unspecified atom stereocenters. The number of anilines is 2. The van der Waals surface area contributed by atoms with Crippen molar-refractivity contribution in [3.05, 3.63) is 81.6 Å². The fourth-order valence-electron chi connectivity index (χ4n) is 4.01. The molecule has 0 radical (unpaired) electrons. The van der Waals surface area contributed by atoms with Gasteiger partial charge in [0.2, 0.25) is 5.91 Å². The molecule has 0 saturated carbocycles. The molecule has 3 aromatic rings. The van der Waals surface area contributed by atoms with Crippen molar-refractivity contribution < 1.29 is 28.4 Å². The van der Waals surface area contributed by atoms with E-state index in [-0.39, 0.29) is 12.3 Å². The van der Waals surface area contributed by atoms with Crippen LogP contribution < -0.4 is 10.2 Å². The van der Waals surface area contributed by atoms with Gasteiger partial charge in [0, 0.05) is 36.9 Å². The van der Waals surface area contributed by atoms with Gasteiger partial charge in [-0.15, -0.1) is 0 Å². The molecule has 2 heterocycles. The number of non-ortho nitro benzene ring substituents is 1. The summed E-state index contributed by atoms with van der Waals surface area (Å²) in [6, 6.07) is 13.1. The zero-order valence-corrected chi connectivity index (χ0v) is 20.6. The molecule has 10 nitrogen and oxygen atoms in total. The Morgan fingerprint density at radius 2 is 1.92 bits per heavy atom. The van der Waals surface area contributed by atoms with E-state index >= 15 is 0 Å². The smallest absolute Gasteiger partial charge is 0.338 e. The first-order valence-corrected chi connectivity index (χ1v) is 11.8. The quantitative estimate of drug-likeness (QED) is 0.200. The SMILES string of the molecule is CCOC(=O)c1ccc(N2CCOCC2)c(NC(=O)/C=C/c2ccc(-c3ccc([N+](=O)[O-])cc3C)o2)c1. The molecule has 1 aliphatic heterocycles. The molecule has 0 spiro atoms. The topological polar surface area (TPSA) is 124 Å². The van der Waals surface area contributed by atoms with Gasteiger partial charge in [-0.1, -0.05) is 0 Å². The van der Waals surface area contributed by atoms with E-state index in [4.69, 9.17) is 13.9 Å². The zero-order valence-electron chi connectivity index (χ0n) is 20.6. The van der Waals surface area contributed by atoms with Crippen molar-refractivity contribution in [3.8, 4) is 11.3 Å². The highest BCUT2D eigenvalue weighted by atomic mass is 16.6. The van der Waals surface area contributed by atoms with Gasteiger partial charge < -0.3 is 24.1 Å². The summed E-state index contributed by atoms with van der Waals surface area (Å²) >= 11 is 0. The number of carbonyl (C=O) groups is 2. The number of hydrogen-bond acceptors (Lipinski definition) is 8. The predicted molar refractivity (Wildman–Crippen MR) is 139 cm³/mol. The molecule has 1 saturated heterocycles. The van der Waals surface area contributed by atoms with E-state index in [0.29, 0.717) is 54.6 Å². The van der Waals surface area contributed by atoms with Crippen LogP contribution in [0.2, 0.25) is 0 Å². The number of nitrogens with one attached hydrogen (secondary N) is 1. The lowest BCUT2D eigenvalue weighted by molar-refractivity contribution is -0.384. The summed E-state index contributed by atoms with van der Waals surface area (Å²) in [5.74, 6) is 0.104. The van der Waals surface area contributed by atoms with Gasteiger partial charge >= 0.3 is 5.97 Å². The van der Waals surface area contributed by atoms with E-state index in [1.807, 2.05) is 0 Å². The molecule has 1 aromatic heterocycles. The molecule has 10 heteroatoms. The maximum Gasteiger partial charge on any atom is 0.338 e. The number of esters is 1. The van der Waals surface area contributed by atoms with Crippen molar-refractivity contribution in [2.75, 3.05) is 43.1 Å². The van der Waals surface area contributed by atoms with Gasteiger partial charge in [-0.3, -0.25) is 14.9 Å². The minimum Gasteiger partial charge on any atom is -0.462 e. The van der Waals surface area contributed by atoms with Gasteiger partial charge in [0.15, 0.2) is 0 Å². The molecule has 2 aromatic carbocycles. The Morgan fingerprint density at radius 3 is 2.62 bits per heavy atom. The molecule has 0 aliphatic carbocycles. The monoisotopic (exact) mass is 505 g/mol. The first-order chi connectivity index (χ1) is 17.9. The second kappa shape index (κ2) is 11.5. The Morgan fingerprint density at radius 1 is 1.14 bits per heavy atom. The first-order valence-electron chi connectivity index (χ1n) is 11.8. The standard InChI is InChI=1S/C27H27N3O7/c1-3-36-27(32)19-4-9-24(29-12-14-35-15-13-29)23(17-19)28-26(31)11-7-21-6-10-25(37-21)22-8-5-20(30(33)34)16-18(22)2/h4-11,16-17H,3,12-15H2,1-2H3,(H,28,31)/b11-7+. The van der Waals surface area contributed by atoms with E-state index in [9.17, 15) is 19.7 Å². The Labute approximate surface area is 213 Å². The van der Waals surface area contributed by atoms with Crippen LogP contribution in [-0.2, 0) is 14.3 Å². The minimum absolute atomic E-state index is 0.00747. The number of furan rings is 1. The highest BCUT2D eigenvalue weighted by Gasteiger charge is 2.18. The number of benzene rings is 2. The number of nitrogens with zero attached hydrogens (tertiary/aromatic N) is 2. The molecule has 1 fully saturated rings. The normalized spacial score (nSPS) is 13.5. The number of aryl methyl sites for hydroxylation is 1. The lowest BCUT2D eigenvalue weighted by Crippen LogP contribution is -2.36. The van der Waals surface area contributed by atoms with Crippen molar-refractivity contribution >= 4 is 35.0 Å². The maximum absolute atomic E-state index is 12.8. The van der Waals surface area contributed by atoms with Crippen molar-refractivity contribution in [2.24, 2.45) is 0 Å². The molecular formula is C27H27N3O7. The summed E-state index contributed by atoms with van der Waals surface area (Å²) in [5, 5.41) is 13.8. The van der Waals surface area contributed by atoms with E-state index < -0.39 is 16.8 Å². The van der Waals surface area contributed by atoms with Crippen LogP contribution in [0.5, 0.6) is 0 Å². The number of nitro groups is 1. The van der Waals surface area contributed by atoms with Crippen LogP contribution in [0.3, 0.4) is 0 Å². The molecule has 0 bridgehead atoms. The van der Waals surface area contributed by atoms with Gasteiger partial charge in [-0.2, -0.15) is 0 Å². The van der Waals surface area contributed by atoms with Crippen LogP contribution in [0, 0.1) is 17.0 Å². The second-order valence-electron chi connectivity index (χ2n) is 8.33. The minimum atomic E-state index is -0.466. The summed E-state index contributed by atoms with van der Waals surface area (Å²) < 4.78 is 16.4. The Balaban J connectivity index is 1.51. The largest absolute Gasteiger partial charge is 0.462 e. The molecular weight excluding hydrogens is 478 g/mol. The number of amides is 1. The van der Waals surface area contributed by atoms with Crippen LogP contribution in [0.4, 0.5) is 17.1 Å². The molecule has 1 aliphatic rings. The molecule has 1 amide bonds. The number of nitro benzene ring substituents is 1. The van der Waals surface area contributed by atoms with E-state index in [0.717, 1.165) is 11.3 Å². The van der Waals surface area contributed by atoms with Crippen molar-refractivity contribution in [2.45, 2.75) is 13.8 Å². The Kier molecular flexibility index (Phi) is 7.99. The molecule has 0 atom stereocenters. The maximum atomic E-state index is 12.8. The first kappa shape index (κ1) is 25.6. The molecule has 1 N–H and O–H groups in total. The van der Waals surface area contributed by atoms with Gasteiger partial charge in [0.05, 0.1) is 41.7 Å². The van der Waals surface area contributed by atoms with E-state index in [1.54, 1.807) is 50.2 Å². The lowest BCUT2D eigenvalue weighted by Gasteiger charge is -2.30. The highest BCUT2D eigenvalue weighted by molar-refractivity contribution is 6.05. The van der Waals surface area contributed by atoms with Gasteiger partial charge in [0.1, 0.15) is 11.5 Å². The van der Waals surface area contributed by atoms with Crippen molar-refractivity contribution in [3.63, 3.8) is 0 Å². The van der Waals surface area contributed by atoms with Crippen LogP contribution in [0.1, 0.15) is 28.6 Å². The molecule has 192 valence electrons. The highest BCUT2D eigenvalue weighted by Crippen LogP contribution is 2.30. The van der Waals surface area contributed by atoms with Gasteiger partial charge in [0.25, 0.3) is 5.69 Å². The Bertz CT molecular complexity index is 1340. The summed E-state index contributed by atoms with van der Waals surface area (Å²) in [6.07, 6.45) is 2.87. The number of carbonyl (C=O) groups excluding carboxylic acids is 2. The second-order valence-corrected chi connectivity index (χ2v) is 8.33. The molecule has 37 heavy (non-hydrogen) atoms. The van der Waals surface area contributed by atoms with Crippen molar-refractivity contribution in [1.82, 2.24) is 0 Å².